The molecule has 0 spiro atoms. The number of aryl methyl sites for hydroxylation is 1. The molecule has 1 aliphatic heterocycles. The van der Waals surface area contributed by atoms with Crippen molar-refractivity contribution in [3.63, 3.8) is 0 Å². The van der Waals surface area contributed by atoms with E-state index in [0.717, 1.165) is 29.9 Å². The lowest BCUT2D eigenvalue weighted by molar-refractivity contribution is -0.120. The van der Waals surface area contributed by atoms with Gasteiger partial charge in [0.2, 0.25) is 5.91 Å². The topological polar surface area (TPSA) is 68.8 Å². The van der Waals surface area contributed by atoms with Gasteiger partial charge in [0.1, 0.15) is 5.82 Å². The average molecular weight is 397 g/mol. The van der Waals surface area contributed by atoms with Crippen molar-refractivity contribution in [2.45, 2.75) is 26.9 Å². The molecule has 2 aromatic rings. The maximum Gasteiger partial charge on any atom is 0.239 e. The van der Waals surface area contributed by atoms with Gasteiger partial charge in [0.25, 0.3) is 0 Å². The summed E-state index contributed by atoms with van der Waals surface area (Å²) in [6, 6.07) is 13.4. The molecule has 0 aromatic heterocycles. The molecular weight excluding hydrogens is 369 g/mol. The highest BCUT2D eigenvalue weighted by molar-refractivity contribution is 5.82. The Hall–Kier alpha value is -3.09. The number of nitrogens with zero attached hydrogens (tertiary/aromatic N) is 2. The summed E-state index contributed by atoms with van der Waals surface area (Å²) in [5, 5.41) is 9.35. The minimum Gasteiger partial charge on any atom is -0.360 e. The van der Waals surface area contributed by atoms with E-state index in [1.54, 1.807) is 13.0 Å². The zero-order valence-electron chi connectivity index (χ0n) is 17.0. The maximum atomic E-state index is 13.7. The predicted octanol–water partition coefficient (Wildman–Crippen LogP) is 2.33. The van der Waals surface area contributed by atoms with Crippen LogP contribution in [0.1, 0.15) is 23.6 Å². The second-order valence-electron chi connectivity index (χ2n) is 7.07. The van der Waals surface area contributed by atoms with Crippen LogP contribution in [0.4, 0.5) is 10.1 Å². The number of anilines is 1. The van der Waals surface area contributed by atoms with Crippen molar-refractivity contribution in [2.24, 2.45) is 4.99 Å². The Bertz CT molecular complexity index is 866. The molecule has 1 amide bonds. The summed E-state index contributed by atoms with van der Waals surface area (Å²) in [4.78, 5) is 18.2. The molecule has 0 bridgehead atoms. The lowest BCUT2D eigenvalue weighted by atomic mass is 10.1. The number of hydrogen-bond acceptors (Lipinski definition) is 3. The molecule has 1 saturated heterocycles. The number of hydrogen-bond donors (Lipinski definition) is 3. The Balaban J connectivity index is 1.58. The van der Waals surface area contributed by atoms with Gasteiger partial charge in [-0.15, -0.1) is 0 Å². The fourth-order valence-electron chi connectivity index (χ4n) is 3.12. The highest BCUT2D eigenvalue weighted by atomic mass is 19.1. The minimum absolute atomic E-state index is 0.0574. The number of benzene rings is 2. The van der Waals surface area contributed by atoms with Gasteiger partial charge in [-0.2, -0.15) is 0 Å². The summed E-state index contributed by atoms with van der Waals surface area (Å²) in [6.07, 6.45) is 0. The van der Waals surface area contributed by atoms with Gasteiger partial charge >= 0.3 is 0 Å². The molecule has 2 aromatic carbocycles. The van der Waals surface area contributed by atoms with Crippen LogP contribution in [0.5, 0.6) is 0 Å². The number of aliphatic imine (C=N–C) groups is 1. The third kappa shape index (κ3) is 5.94. The van der Waals surface area contributed by atoms with Gasteiger partial charge in [-0.3, -0.25) is 4.79 Å². The minimum atomic E-state index is -0.207. The number of amides is 1. The van der Waals surface area contributed by atoms with E-state index in [0.29, 0.717) is 37.7 Å². The molecule has 29 heavy (non-hydrogen) atoms. The molecule has 0 aliphatic carbocycles. The van der Waals surface area contributed by atoms with Gasteiger partial charge in [0.15, 0.2) is 5.96 Å². The van der Waals surface area contributed by atoms with Gasteiger partial charge in [-0.25, -0.2) is 9.38 Å². The Labute approximate surface area is 171 Å². The molecule has 0 radical (unpaired) electrons. The molecule has 0 unspecified atom stereocenters. The number of rotatable bonds is 6. The third-order valence-corrected chi connectivity index (χ3v) is 4.80. The smallest absolute Gasteiger partial charge is 0.239 e. The van der Waals surface area contributed by atoms with E-state index >= 15 is 0 Å². The molecule has 3 N–H and O–H groups in total. The Kier molecular flexibility index (Phi) is 7.05. The van der Waals surface area contributed by atoms with Gasteiger partial charge in [-0.1, -0.05) is 24.3 Å². The van der Waals surface area contributed by atoms with Crippen LogP contribution in [0, 0.1) is 12.7 Å². The lowest BCUT2D eigenvalue weighted by Crippen LogP contribution is -2.47. The molecule has 1 heterocycles. The van der Waals surface area contributed by atoms with Gasteiger partial charge in [0, 0.05) is 31.9 Å². The highest BCUT2D eigenvalue weighted by Crippen LogP contribution is 2.16. The van der Waals surface area contributed by atoms with Crippen molar-refractivity contribution in [1.82, 2.24) is 16.0 Å². The largest absolute Gasteiger partial charge is 0.360 e. The molecule has 0 atom stereocenters. The van der Waals surface area contributed by atoms with Crippen molar-refractivity contribution in [3.8, 4) is 0 Å². The summed E-state index contributed by atoms with van der Waals surface area (Å²) in [5.74, 6) is 0.536. The number of nitrogens with one attached hydrogen (secondary N) is 3. The number of halogens is 1. The zero-order valence-corrected chi connectivity index (χ0v) is 17.0. The van der Waals surface area contributed by atoms with Gasteiger partial charge in [-0.05, 0) is 48.7 Å². The molecule has 3 rings (SSSR count). The van der Waals surface area contributed by atoms with Crippen LogP contribution in [-0.2, 0) is 17.9 Å². The first-order valence-corrected chi connectivity index (χ1v) is 9.93. The van der Waals surface area contributed by atoms with Crippen LogP contribution in [-0.4, -0.2) is 38.0 Å². The van der Waals surface area contributed by atoms with E-state index in [-0.39, 0.29) is 11.7 Å². The summed E-state index contributed by atoms with van der Waals surface area (Å²) < 4.78 is 13.7. The van der Waals surface area contributed by atoms with Crippen molar-refractivity contribution in [1.29, 1.82) is 0 Å². The first-order chi connectivity index (χ1) is 14.0. The quantitative estimate of drug-likeness (QED) is 0.517. The van der Waals surface area contributed by atoms with Gasteiger partial charge < -0.3 is 20.9 Å². The van der Waals surface area contributed by atoms with E-state index in [2.05, 4.69) is 25.8 Å². The third-order valence-electron chi connectivity index (χ3n) is 4.80. The standard InChI is InChI=1S/C22H28FN5O/c1-3-24-22(27-14-18-5-4-16(2)20(23)12-18)26-13-17-6-8-19(9-7-17)28-11-10-25-21(29)15-28/h4-9,12H,3,10-11,13-15H2,1-2H3,(H,25,29)(H2,24,26,27). The Morgan fingerprint density at radius 2 is 1.93 bits per heavy atom. The van der Waals surface area contributed by atoms with E-state index in [1.807, 2.05) is 37.3 Å². The average Bonchev–Trinajstić information content (AvgIpc) is 2.73. The van der Waals surface area contributed by atoms with E-state index < -0.39 is 0 Å². The summed E-state index contributed by atoms with van der Waals surface area (Å²) in [6.45, 7) is 7.41. The fourth-order valence-corrected chi connectivity index (χ4v) is 3.12. The van der Waals surface area contributed by atoms with Crippen LogP contribution in [0.25, 0.3) is 0 Å². The monoisotopic (exact) mass is 397 g/mol. The van der Waals surface area contributed by atoms with E-state index in [9.17, 15) is 9.18 Å². The summed E-state index contributed by atoms with van der Waals surface area (Å²) in [5.41, 5.74) is 3.63. The fraction of sp³-hybridized carbons (Fsp3) is 0.364. The maximum absolute atomic E-state index is 13.7. The molecule has 154 valence electrons. The first-order valence-electron chi connectivity index (χ1n) is 9.93. The van der Waals surface area contributed by atoms with E-state index in [1.165, 1.54) is 6.07 Å². The van der Waals surface area contributed by atoms with Crippen LogP contribution in [0.2, 0.25) is 0 Å². The molecule has 0 saturated carbocycles. The first kappa shape index (κ1) is 20.6. The van der Waals surface area contributed by atoms with E-state index in [4.69, 9.17) is 0 Å². The van der Waals surface area contributed by atoms with Crippen molar-refractivity contribution >= 4 is 17.6 Å². The normalized spacial score (nSPS) is 14.5. The summed E-state index contributed by atoms with van der Waals surface area (Å²) >= 11 is 0. The Morgan fingerprint density at radius 1 is 1.17 bits per heavy atom. The van der Waals surface area contributed by atoms with Gasteiger partial charge in [0.05, 0.1) is 13.1 Å². The zero-order chi connectivity index (χ0) is 20.6. The second-order valence-corrected chi connectivity index (χ2v) is 7.07. The van der Waals surface area contributed by atoms with Crippen LogP contribution in [0.15, 0.2) is 47.5 Å². The molecule has 6 nitrogen and oxygen atoms in total. The molecule has 1 aliphatic rings. The number of carbonyl (C=O) groups is 1. The van der Waals surface area contributed by atoms with Crippen LogP contribution in [0.3, 0.4) is 0 Å². The molecule has 7 heteroatoms. The number of guanidine groups is 1. The highest BCUT2D eigenvalue weighted by Gasteiger charge is 2.16. The Morgan fingerprint density at radius 3 is 2.62 bits per heavy atom. The van der Waals surface area contributed by atoms with Crippen molar-refractivity contribution < 1.29 is 9.18 Å². The molecule has 1 fully saturated rings. The lowest BCUT2D eigenvalue weighted by Gasteiger charge is -2.28. The van der Waals surface area contributed by atoms with Crippen LogP contribution >= 0.6 is 0 Å². The van der Waals surface area contributed by atoms with Crippen molar-refractivity contribution in [2.75, 3.05) is 31.1 Å². The SMILES string of the molecule is CCNC(=NCc1ccc(C)c(F)c1)NCc1ccc(N2CCNC(=O)C2)cc1. The molecular formula is C22H28FN5O. The predicted molar refractivity (Wildman–Crippen MR) is 114 cm³/mol. The number of piperazine rings is 1. The number of carbonyl (C=O) groups excluding carboxylic acids is 1. The van der Waals surface area contributed by atoms with Crippen LogP contribution < -0.4 is 20.9 Å². The second kappa shape index (κ2) is 9.91. The summed E-state index contributed by atoms with van der Waals surface area (Å²) in [7, 11) is 0. The van der Waals surface area contributed by atoms with Crippen molar-refractivity contribution in [3.05, 3.63) is 65.0 Å².